The summed E-state index contributed by atoms with van der Waals surface area (Å²) in [6.45, 7) is 3.32. The van der Waals surface area contributed by atoms with Gasteiger partial charge in [-0.1, -0.05) is 6.92 Å². The molecule has 0 bridgehead atoms. The average molecular weight is 246 g/mol. The Morgan fingerprint density at radius 2 is 1.82 bits per heavy atom. The minimum absolute atomic E-state index is 0.0512. The SMILES string of the molecule is CCC(COCCOC)C(=O)CCC(=O)OC. The predicted molar refractivity (Wildman–Crippen MR) is 62.7 cm³/mol. The second-order valence-electron chi connectivity index (χ2n) is 3.72. The second kappa shape index (κ2) is 10.2. The molecule has 0 heterocycles. The van der Waals surface area contributed by atoms with Crippen LogP contribution in [-0.4, -0.2) is 45.8 Å². The molecule has 0 aromatic heterocycles. The van der Waals surface area contributed by atoms with E-state index in [9.17, 15) is 9.59 Å². The van der Waals surface area contributed by atoms with Crippen LogP contribution in [0.25, 0.3) is 0 Å². The van der Waals surface area contributed by atoms with Gasteiger partial charge in [0.1, 0.15) is 5.78 Å². The van der Waals surface area contributed by atoms with Crippen LogP contribution in [0, 0.1) is 5.92 Å². The molecular formula is C12H22O5. The molecule has 0 saturated heterocycles. The molecule has 0 aliphatic carbocycles. The van der Waals surface area contributed by atoms with Gasteiger partial charge >= 0.3 is 5.97 Å². The lowest BCUT2D eigenvalue weighted by Crippen LogP contribution is -2.21. The topological polar surface area (TPSA) is 61.8 Å². The quantitative estimate of drug-likeness (QED) is 0.428. The van der Waals surface area contributed by atoms with Crippen molar-refractivity contribution in [2.45, 2.75) is 26.2 Å². The molecule has 100 valence electrons. The maximum atomic E-state index is 11.7. The van der Waals surface area contributed by atoms with Gasteiger partial charge in [-0.25, -0.2) is 0 Å². The van der Waals surface area contributed by atoms with Gasteiger partial charge in [-0.3, -0.25) is 9.59 Å². The van der Waals surface area contributed by atoms with Crippen molar-refractivity contribution in [1.29, 1.82) is 0 Å². The van der Waals surface area contributed by atoms with E-state index in [0.29, 0.717) is 26.2 Å². The molecule has 17 heavy (non-hydrogen) atoms. The predicted octanol–water partition coefficient (Wildman–Crippen LogP) is 1.20. The molecule has 0 aromatic carbocycles. The second-order valence-corrected chi connectivity index (χ2v) is 3.72. The van der Waals surface area contributed by atoms with E-state index >= 15 is 0 Å². The van der Waals surface area contributed by atoms with Crippen LogP contribution >= 0.6 is 0 Å². The largest absolute Gasteiger partial charge is 0.469 e. The number of methoxy groups -OCH3 is 2. The molecule has 1 unspecified atom stereocenters. The summed E-state index contributed by atoms with van der Waals surface area (Å²) >= 11 is 0. The van der Waals surface area contributed by atoms with E-state index in [4.69, 9.17) is 9.47 Å². The number of hydrogen-bond acceptors (Lipinski definition) is 5. The molecule has 0 spiro atoms. The van der Waals surface area contributed by atoms with Crippen LogP contribution in [0.2, 0.25) is 0 Å². The van der Waals surface area contributed by atoms with Crippen LogP contribution < -0.4 is 0 Å². The van der Waals surface area contributed by atoms with Gasteiger partial charge in [0, 0.05) is 19.4 Å². The number of rotatable bonds is 10. The summed E-state index contributed by atoms with van der Waals surface area (Å²) in [5.41, 5.74) is 0. The van der Waals surface area contributed by atoms with Crippen molar-refractivity contribution in [2.24, 2.45) is 5.92 Å². The van der Waals surface area contributed by atoms with E-state index in [1.807, 2.05) is 6.92 Å². The molecule has 0 N–H and O–H groups in total. The van der Waals surface area contributed by atoms with E-state index in [-0.39, 0.29) is 30.5 Å². The van der Waals surface area contributed by atoms with Crippen molar-refractivity contribution < 1.29 is 23.8 Å². The van der Waals surface area contributed by atoms with Crippen LogP contribution in [0.5, 0.6) is 0 Å². The Hall–Kier alpha value is -0.940. The standard InChI is InChI=1S/C12H22O5/c1-4-10(9-17-8-7-15-2)11(13)5-6-12(14)16-3/h10H,4-9H2,1-3H3. The maximum absolute atomic E-state index is 11.7. The van der Waals surface area contributed by atoms with Crippen molar-refractivity contribution in [3.05, 3.63) is 0 Å². The lowest BCUT2D eigenvalue weighted by atomic mass is 9.98. The first-order chi connectivity index (χ1) is 8.15. The lowest BCUT2D eigenvalue weighted by molar-refractivity contribution is -0.142. The molecule has 0 rings (SSSR count). The molecule has 0 aliphatic heterocycles. The van der Waals surface area contributed by atoms with Gasteiger partial charge < -0.3 is 14.2 Å². The van der Waals surface area contributed by atoms with Crippen molar-refractivity contribution in [3.8, 4) is 0 Å². The molecule has 0 fully saturated rings. The highest BCUT2D eigenvalue weighted by molar-refractivity contribution is 5.84. The Morgan fingerprint density at radius 1 is 1.12 bits per heavy atom. The van der Waals surface area contributed by atoms with Gasteiger partial charge in [0.15, 0.2) is 0 Å². The monoisotopic (exact) mass is 246 g/mol. The number of ether oxygens (including phenoxy) is 3. The Kier molecular flexibility index (Phi) is 9.66. The Balaban J connectivity index is 3.83. The maximum Gasteiger partial charge on any atom is 0.305 e. The fourth-order valence-corrected chi connectivity index (χ4v) is 1.34. The smallest absolute Gasteiger partial charge is 0.305 e. The van der Waals surface area contributed by atoms with E-state index < -0.39 is 0 Å². The Morgan fingerprint density at radius 3 is 2.35 bits per heavy atom. The average Bonchev–Trinajstić information content (AvgIpc) is 2.35. The summed E-state index contributed by atoms with van der Waals surface area (Å²) in [4.78, 5) is 22.6. The summed E-state index contributed by atoms with van der Waals surface area (Å²) in [5.74, 6) is -0.444. The van der Waals surface area contributed by atoms with Crippen LogP contribution in [0.3, 0.4) is 0 Å². The molecular weight excluding hydrogens is 224 g/mol. The number of hydrogen-bond donors (Lipinski definition) is 0. The molecule has 0 radical (unpaired) electrons. The number of carbonyl (C=O) groups excluding carboxylic acids is 2. The molecule has 0 aliphatic rings. The zero-order valence-electron chi connectivity index (χ0n) is 10.9. The third-order valence-corrected chi connectivity index (χ3v) is 2.50. The van der Waals surface area contributed by atoms with Gasteiger partial charge in [-0.2, -0.15) is 0 Å². The first-order valence-electron chi connectivity index (χ1n) is 5.81. The zero-order chi connectivity index (χ0) is 13.1. The number of esters is 1. The molecule has 0 amide bonds. The molecule has 5 heteroatoms. The number of carbonyl (C=O) groups is 2. The highest BCUT2D eigenvalue weighted by Gasteiger charge is 2.17. The van der Waals surface area contributed by atoms with Gasteiger partial charge in [-0.05, 0) is 6.42 Å². The van der Waals surface area contributed by atoms with Crippen molar-refractivity contribution in [2.75, 3.05) is 34.0 Å². The molecule has 1 atom stereocenters. The van der Waals surface area contributed by atoms with Crippen LogP contribution in [0.15, 0.2) is 0 Å². The van der Waals surface area contributed by atoms with Crippen LogP contribution in [-0.2, 0) is 23.8 Å². The third-order valence-electron chi connectivity index (χ3n) is 2.50. The van der Waals surface area contributed by atoms with Gasteiger partial charge in [-0.15, -0.1) is 0 Å². The fourth-order valence-electron chi connectivity index (χ4n) is 1.34. The third kappa shape index (κ3) is 7.88. The summed E-state index contributed by atoms with van der Waals surface area (Å²) in [6, 6.07) is 0. The number of Topliss-reactive ketones (excluding diaryl/α,β-unsaturated/α-hetero) is 1. The first kappa shape index (κ1) is 16.1. The minimum atomic E-state index is -0.353. The van der Waals surface area contributed by atoms with Crippen LogP contribution in [0.1, 0.15) is 26.2 Å². The normalized spacial score (nSPS) is 12.2. The lowest BCUT2D eigenvalue weighted by Gasteiger charge is -2.13. The minimum Gasteiger partial charge on any atom is -0.469 e. The summed E-state index contributed by atoms with van der Waals surface area (Å²) in [6.07, 6.45) is 1.08. The van der Waals surface area contributed by atoms with Gasteiger partial charge in [0.2, 0.25) is 0 Å². The summed E-state index contributed by atoms with van der Waals surface area (Å²) in [5, 5.41) is 0. The highest BCUT2D eigenvalue weighted by Crippen LogP contribution is 2.09. The van der Waals surface area contributed by atoms with Crippen molar-refractivity contribution in [1.82, 2.24) is 0 Å². The highest BCUT2D eigenvalue weighted by atomic mass is 16.5. The van der Waals surface area contributed by atoms with E-state index in [1.54, 1.807) is 7.11 Å². The van der Waals surface area contributed by atoms with Crippen molar-refractivity contribution >= 4 is 11.8 Å². The van der Waals surface area contributed by atoms with E-state index in [1.165, 1.54) is 7.11 Å². The van der Waals surface area contributed by atoms with Crippen LogP contribution in [0.4, 0.5) is 0 Å². The Bertz CT molecular complexity index is 227. The summed E-state index contributed by atoms with van der Waals surface area (Å²) < 4.78 is 14.6. The van der Waals surface area contributed by atoms with Crippen molar-refractivity contribution in [3.63, 3.8) is 0 Å². The summed E-state index contributed by atoms with van der Waals surface area (Å²) in [7, 11) is 2.92. The fraction of sp³-hybridized carbons (Fsp3) is 0.833. The Labute approximate surface area is 102 Å². The zero-order valence-corrected chi connectivity index (χ0v) is 10.9. The van der Waals surface area contributed by atoms with E-state index in [0.717, 1.165) is 0 Å². The van der Waals surface area contributed by atoms with Gasteiger partial charge in [0.05, 0.1) is 33.4 Å². The molecule has 5 nitrogen and oxygen atoms in total. The molecule has 0 aromatic rings. The number of ketones is 1. The first-order valence-corrected chi connectivity index (χ1v) is 5.81. The van der Waals surface area contributed by atoms with E-state index in [2.05, 4.69) is 4.74 Å². The molecule has 0 saturated carbocycles. The van der Waals surface area contributed by atoms with Gasteiger partial charge in [0.25, 0.3) is 0 Å².